The van der Waals surface area contributed by atoms with Crippen LogP contribution in [0.5, 0.6) is 5.75 Å². The first-order valence-electron chi connectivity index (χ1n) is 20.2. The molecule has 0 bridgehead atoms. The lowest BCUT2D eigenvalue weighted by Gasteiger charge is -2.29. The van der Waals surface area contributed by atoms with E-state index in [1.807, 2.05) is 12.1 Å². The van der Waals surface area contributed by atoms with Crippen LogP contribution in [0.1, 0.15) is 25.0 Å². The molecule has 0 fully saturated rings. The monoisotopic (exact) mass is 760 g/mol. The normalized spacial score (nSPS) is 12.8. The summed E-state index contributed by atoms with van der Waals surface area (Å²) in [6.07, 6.45) is 0. The van der Waals surface area contributed by atoms with Gasteiger partial charge in [0.1, 0.15) is 16.9 Å². The number of hydrogen-bond acceptors (Lipinski definition) is 4. The average molecular weight is 761 g/mol. The number of phenolic OH excluding ortho intramolecular Hbond substituents is 1. The Kier molecular flexibility index (Phi) is 7.95. The van der Waals surface area contributed by atoms with Gasteiger partial charge >= 0.3 is 0 Å². The molecule has 0 atom stereocenters. The van der Waals surface area contributed by atoms with Crippen LogP contribution in [-0.4, -0.2) is 5.11 Å². The van der Waals surface area contributed by atoms with E-state index in [2.05, 4.69) is 212 Å². The third-order valence-corrected chi connectivity index (χ3v) is 12.1. The molecule has 1 aliphatic carbocycles. The van der Waals surface area contributed by atoms with E-state index in [0.717, 1.165) is 94.7 Å². The van der Waals surface area contributed by atoms with Gasteiger partial charge in [-0.2, -0.15) is 0 Å². The van der Waals surface area contributed by atoms with Crippen molar-refractivity contribution in [2.75, 3.05) is 9.80 Å². The number of rotatable bonds is 7. The zero-order chi connectivity index (χ0) is 39.7. The molecule has 10 aromatic rings. The molecule has 1 heterocycles. The Balaban J connectivity index is 1.25. The summed E-state index contributed by atoms with van der Waals surface area (Å²) in [5.41, 5.74) is 14.3. The van der Waals surface area contributed by atoms with Crippen molar-refractivity contribution < 1.29 is 9.52 Å². The summed E-state index contributed by atoms with van der Waals surface area (Å²) in [5, 5.41) is 15.2. The molecule has 1 aromatic heterocycles. The van der Waals surface area contributed by atoms with Gasteiger partial charge in [-0.15, -0.1) is 0 Å². The van der Waals surface area contributed by atoms with Gasteiger partial charge in [-0.3, -0.25) is 0 Å². The predicted octanol–water partition coefficient (Wildman–Crippen LogP) is 15.4. The summed E-state index contributed by atoms with van der Waals surface area (Å²) >= 11 is 0. The first-order valence-corrected chi connectivity index (χ1v) is 20.2. The molecule has 0 radical (unpaired) electrons. The Morgan fingerprint density at radius 1 is 0.441 bits per heavy atom. The minimum Gasteiger partial charge on any atom is -0.508 e. The van der Waals surface area contributed by atoms with Crippen LogP contribution in [0, 0.1) is 0 Å². The second kappa shape index (κ2) is 13.5. The zero-order valence-corrected chi connectivity index (χ0v) is 32.8. The molecule has 0 unspecified atom stereocenters. The molecule has 282 valence electrons. The molecule has 0 saturated heterocycles. The maximum atomic E-state index is 10.8. The zero-order valence-electron chi connectivity index (χ0n) is 32.8. The SMILES string of the molecule is CC1(C)c2cc(O)ccc2-c2c(-c3cccc4c3oc3cc5ccccc5c(N(c5ccccc5)c5ccccc5)c34)cc(N(c3ccccc3)c3ccccc3)cc21. The van der Waals surface area contributed by atoms with Crippen molar-refractivity contribution in [1.29, 1.82) is 0 Å². The van der Waals surface area contributed by atoms with E-state index in [1.165, 1.54) is 5.56 Å². The quantitative estimate of drug-likeness (QED) is 0.176. The lowest BCUT2D eigenvalue weighted by molar-refractivity contribution is 0.473. The Morgan fingerprint density at radius 3 is 1.63 bits per heavy atom. The van der Waals surface area contributed by atoms with Gasteiger partial charge in [0.25, 0.3) is 0 Å². The summed E-state index contributed by atoms with van der Waals surface area (Å²) in [6.45, 7) is 4.53. The van der Waals surface area contributed by atoms with E-state index in [0.29, 0.717) is 0 Å². The summed E-state index contributed by atoms with van der Waals surface area (Å²) < 4.78 is 7.22. The molecular weight excluding hydrogens is 721 g/mol. The van der Waals surface area contributed by atoms with Crippen molar-refractivity contribution >= 4 is 66.8 Å². The van der Waals surface area contributed by atoms with E-state index in [-0.39, 0.29) is 5.75 Å². The fourth-order valence-electron chi connectivity index (χ4n) is 9.37. The minimum atomic E-state index is -0.397. The molecule has 0 spiro atoms. The van der Waals surface area contributed by atoms with Crippen LogP contribution in [0.2, 0.25) is 0 Å². The van der Waals surface area contributed by atoms with Crippen molar-refractivity contribution in [2.45, 2.75) is 19.3 Å². The van der Waals surface area contributed by atoms with Crippen LogP contribution in [-0.2, 0) is 5.41 Å². The van der Waals surface area contributed by atoms with Gasteiger partial charge in [-0.1, -0.05) is 135 Å². The Morgan fingerprint density at radius 2 is 1.00 bits per heavy atom. The van der Waals surface area contributed by atoms with E-state index < -0.39 is 5.41 Å². The molecule has 1 N–H and O–H groups in total. The Hall–Kier alpha value is -7.56. The number of hydrogen-bond donors (Lipinski definition) is 1. The number of para-hydroxylation sites is 5. The molecule has 59 heavy (non-hydrogen) atoms. The molecule has 0 aliphatic heterocycles. The summed E-state index contributed by atoms with van der Waals surface area (Å²) in [7, 11) is 0. The summed E-state index contributed by atoms with van der Waals surface area (Å²) in [6, 6.07) is 70.2. The standard InChI is InChI=1S/C55H40N2O2/c1-55(2)48-35-42(58)30-31-45(48)51-47(33-41(34-49(51)55)56(37-19-7-3-8-20-37)38-21-9-4-10-22-38)44-28-17-29-46-52-50(59-54(44)46)32-36-18-15-16-27-43(36)53(52)57(39-23-11-5-12-24-39)40-25-13-6-14-26-40/h3-35,58H,1-2H3. The Labute approximate surface area is 343 Å². The van der Waals surface area contributed by atoms with Gasteiger partial charge in [-0.05, 0) is 112 Å². The van der Waals surface area contributed by atoms with E-state index in [9.17, 15) is 5.11 Å². The topological polar surface area (TPSA) is 39.9 Å². The minimum absolute atomic E-state index is 0.266. The number of furan rings is 1. The third-order valence-electron chi connectivity index (χ3n) is 12.1. The molecule has 0 saturated carbocycles. The second-order valence-electron chi connectivity index (χ2n) is 15.9. The first-order chi connectivity index (χ1) is 29.0. The second-order valence-corrected chi connectivity index (χ2v) is 15.9. The lowest BCUT2D eigenvalue weighted by Crippen LogP contribution is -2.17. The number of phenols is 1. The van der Waals surface area contributed by atoms with E-state index in [1.54, 1.807) is 0 Å². The number of benzene rings is 9. The van der Waals surface area contributed by atoms with Gasteiger partial charge in [0.05, 0.1) is 11.1 Å². The fourth-order valence-corrected chi connectivity index (χ4v) is 9.37. The van der Waals surface area contributed by atoms with Crippen molar-refractivity contribution in [3.63, 3.8) is 0 Å². The fraction of sp³-hybridized carbons (Fsp3) is 0.0545. The van der Waals surface area contributed by atoms with Crippen molar-refractivity contribution in [2.24, 2.45) is 0 Å². The lowest BCUT2D eigenvalue weighted by atomic mass is 9.81. The van der Waals surface area contributed by atoms with Crippen LogP contribution >= 0.6 is 0 Å². The highest BCUT2D eigenvalue weighted by atomic mass is 16.3. The maximum absolute atomic E-state index is 10.8. The van der Waals surface area contributed by atoms with E-state index in [4.69, 9.17) is 4.42 Å². The molecular formula is C55H40N2O2. The van der Waals surface area contributed by atoms with Gasteiger partial charge < -0.3 is 19.3 Å². The number of fused-ring (bicyclic) bond motifs is 7. The maximum Gasteiger partial charge on any atom is 0.143 e. The largest absolute Gasteiger partial charge is 0.508 e. The van der Waals surface area contributed by atoms with Crippen molar-refractivity contribution in [3.05, 3.63) is 211 Å². The van der Waals surface area contributed by atoms with Crippen LogP contribution in [0.15, 0.2) is 205 Å². The molecule has 4 heteroatoms. The van der Waals surface area contributed by atoms with Gasteiger partial charge in [0, 0.05) is 50.2 Å². The molecule has 0 amide bonds. The van der Waals surface area contributed by atoms with Gasteiger partial charge in [-0.25, -0.2) is 0 Å². The van der Waals surface area contributed by atoms with Gasteiger partial charge in [0.2, 0.25) is 0 Å². The summed E-state index contributed by atoms with van der Waals surface area (Å²) in [4.78, 5) is 4.70. The van der Waals surface area contributed by atoms with Crippen LogP contribution in [0.25, 0.3) is 55.0 Å². The predicted molar refractivity (Wildman–Crippen MR) is 245 cm³/mol. The number of anilines is 6. The average Bonchev–Trinajstić information content (AvgIpc) is 3.76. The number of nitrogens with zero attached hydrogens (tertiary/aromatic N) is 2. The summed E-state index contributed by atoms with van der Waals surface area (Å²) in [5.74, 6) is 0.266. The highest BCUT2D eigenvalue weighted by Crippen LogP contribution is 2.57. The molecule has 4 nitrogen and oxygen atoms in total. The van der Waals surface area contributed by atoms with Crippen molar-refractivity contribution in [3.8, 4) is 28.0 Å². The number of aromatic hydroxyl groups is 1. The third kappa shape index (κ3) is 5.52. The highest BCUT2D eigenvalue weighted by molar-refractivity contribution is 6.23. The van der Waals surface area contributed by atoms with E-state index >= 15 is 0 Å². The molecule has 11 rings (SSSR count). The molecule has 1 aliphatic rings. The molecule has 9 aromatic carbocycles. The van der Waals surface area contributed by atoms with Crippen LogP contribution in [0.4, 0.5) is 34.1 Å². The smallest absolute Gasteiger partial charge is 0.143 e. The van der Waals surface area contributed by atoms with Crippen molar-refractivity contribution in [1.82, 2.24) is 0 Å². The first kappa shape index (κ1) is 34.7. The van der Waals surface area contributed by atoms with Gasteiger partial charge in [0.15, 0.2) is 0 Å². The Bertz CT molecular complexity index is 3110. The van der Waals surface area contributed by atoms with Crippen LogP contribution in [0.3, 0.4) is 0 Å². The van der Waals surface area contributed by atoms with Crippen LogP contribution < -0.4 is 9.80 Å². The highest BCUT2D eigenvalue weighted by Gasteiger charge is 2.39.